The minimum atomic E-state index is -0.445. The number of benzene rings is 2. The van der Waals surface area contributed by atoms with E-state index in [1.165, 1.54) is 24.9 Å². The van der Waals surface area contributed by atoms with Crippen molar-refractivity contribution in [2.45, 2.75) is 6.42 Å². The van der Waals surface area contributed by atoms with Gasteiger partial charge in [-0.1, -0.05) is 48.2 Å². The molecule has 2 amide bonds. The number of fused-ring (bicyclic) bond motifs is 1. The van der Waals surface area contributed by atoms with Crippen molar-refractivity contribution in [1.29, 1.82) is 0 Å². The van der Waals surface area contributed by atoms with Crippen molar-refractivity contribution in [1.82, 2.24) is 14.7 Å². The SMILES string of the molecule is COC(=O)/C=C1\SCC(=O)N1CCCN1CCN(C(=O)c2cccc3ccccc23)CC1. The molecule has 7 nitrogen and oxygen atoms in total. The highest BCUT2D eigenvalue weighted by atomic mass is 32.2. The van der Waals surface area contributed by atoms with E-state index in [-0.39, 0.29) is 11.8 Å². The zero-order chi connectivity index (χ0) is 22.5. The van der Waals surface area contributed by atoms with Gasteiger partial charge in [-0.05, 0) is 29.8 Å². The topological polar surface area (TPSA) is 70.2 Å². The van der Waals surface area contributed by atoms with Crippen LogP contribution in [0.15, 0.2) is 53.6 Å². The Hall–Kier alpha value is -2.84. The van der Waals surface area contributed by atoms with Gasteiger partial charge in [0.15, 0.2) is 0 Å². The molecule has 8 heteroatoms. The number of amides is 2. The van der Waals surface area contributed by atoms with Gasteiger partial charge in [0, 0.05) is 38.3 Å². The molecular formula is C24H27N3O4S. The molecule has 2 aromatic rings. The standard InChI is InChI=1S/C24H27N3O4S/c1-31-23(29)16-22-27(21(28)17-32-22)11-5-10-25-12-14-26(15-13-25)24(30)20-9-4-7-18-6-2-3-8-19(18)20/h2-4,6-9,16H,5,10-15,17H2,1H3/b22-16-. The van der Waals surface area contributed by atoms with Crippen molar-refractivity contribution in [2.24, 2.45) is 0 Å². The lowest BCUT2D eigenvalue weighted by Crippen LogP contribution is -2.49. The Morgan fingerprint density at radius 3 is 2.56 bits per heavy atom. The Morgan fingerprint density at radius 1 is 1.03 bits per heavy atom. The third-order valence-corrected chi connectivity index (χ3v) is 6.91. The third kappa shape index (κ3) is 4.97. The molecule has 0 bridgehead atoms. The molecule has 0 aromatic heterocycles. The maximum absolute atomic E-state index is 13.1. The van der Waals surface area contributed by atoms with Gasteiger partial charge in [-0.3, -0.25) is 14.5 Å². The van der Waals surface area contributed by atoms with Crippen LogP contribution in [0.2, 0.25) is 0 Å². The summed E-state index contributed by atoms with van der Waals surface area (Å²) in [7, 11) is 1.33. The van der Waals surface area contributed by atoms with Crippen LogP contribution in [0, 0.1) is 0 Å². The van der Waals surface area contributed by atoms with Crippen LogP contribution >= 0.6 is 11.8 Å². The smallest absolute Gasteiger partial charge is 0.333 e. The van der Waals surface area contributed by atoms with E-state index in [0.717, 1.165) is 42.4 Å². The lowest BCUT2D eigenvalue weighted by Gasteiger charge is -2.35. The predicted molar refractivity (Wildman–Crippen MR) is 125 cm³/mol. The largest absolute Gasteiger partial charge is 0.466 e. The van der Waals surface area contributed by atoms with Gasteiger partial charge >= 0.3 is 5.97 Å². The Morgan fingerprint density at radius 2 is 1.78 bits per heavy atom. The number of carbonyl (C=O) groups excluding carboxylic acids is 3. The van der Waals surface area contributed by atoms with Crippen LogP contribution in [0.3, 0.4) is 0 Å². The summed E-state index contributed by atoms with van der Waals surface area (Å²) in [6.45, 7) is 4.41. The zero-order valence-electron chi connectivity index (χ0n) is 18.2. The van der Waals surface area contributed by atoms with Gasteiger partial charge in [0.2, 0.25) is 5.91 Å². The minimum Gasteiger partial charge on any atom is -0.466 e. The summed E-state index contributed by atoms with van der Waals surface area (Å²) >= 11 is 1.37. The van der Waals surface area contributed by atoms with E-state index >= 15 is 0 Å². The summed E-state index contributed by atoms with van der Waals surface area (Å²) in [6.07, 6.45) is 2.19. The second-order valence-electron chi connectivity index (χ2n) is 7.85. The minimum absolute atomic E-state index is 0.0238. The molecular weight excluding hydrogens is 426 g/mol. The summed E-state index contributed by atoms with van der Waals surface area (Å²) in [5.74, 6) is 0.0196. The number of nitrogens with zero attached hydrogens (tertiary/aromatic N) is 3. The lowest BCUT2D eigenvalue weighted by atomic mass is 10.0. The maximum Gasteiger partial charge on any atom is 0.333 e. The van der Waals surface area contributed by atoms with Crippen molar-refractivity contribution >= 4 is 40.3 Å². The van der Waals surface area contributed by atoms with Crippen molar-refractivity contribution in [3.63, 3.8) is 0 Å². The van der Waals surface area contributed by atoms with Crippen LogP contribution in [-0.2, 0) is 14.3 Å². The number of hydrogen-bond acceptors (Lipinski definition) is 6. The van der Waals surface area contributed by atoms with Gasteiger partial charge in [0.25, 0.3) is 5.91 Å². The average Bonchev–Trinajstić information content (AvgIpc) is 3.17. The highest BCUT2D eigenvalue weighted by Crippen LogP contribution is 2.29. The summed E-state index contributed by atoms with van der Waals surface area (Å²) < 4.78 is 4.67. The van der Waals surface area contributed by atoms with Crippen molar-refractivity contribution < 1.29 is 19.1 Å². The van der Waals surface area contributed by atoms with Gasteiger partial charge in [0.1, 0.15) is 0 Å². The number of methoxy groups -OCH3 is 1. The predicted octanol–water partition coefficient (Wildman–Crippen LogP) is 2.58. The molecule has 0 spiro atoms. The van der Waals surface area contributed by atoms with E-state index in [0.29, 0.717) is 30.4 Å². The summed E-state index contributed by atoms with van der Waals surface area (Å²) in [5, 5.41) is 2.73. The van der Waals surface area contributed by atoms with E-state index in [1.807, 2.05) is 47.4 Å². The van der Waals surface area contributed by atoms with Crippen LogP contribution in [0.25, 0.3) is 10.8 Å². The van der Waals surface area contributed by atoms with E-state index < -0.39 is 5.97 Å². The maximum atomic E-state index is 13.1. The van der Waals surface area contributed by atoms with Crippen LogP contribution in [-0.4, -0.2) is 84.6 Å². The molecule has 32 heavy (non-hydrogen) atoms. The molecule has 2 fully saturated rings. The molecule has 0 saturated carbocycles. The molecule has 2 aromatic carbocycles. The number of thioether (sulfide) groups is 1. The molecule has 0 aliphatic carbocycles. The van der Waals surface area contributed by atoms with Gasteiger partial charge in [-0.15, -0.1) is 0 Å². The van der Waals surface area contributed by atoms with Crippen molar-refractivity contribution in [2.75, 3.05) is 52.1 Å². The Kier molecular flexibility index (Phi) is 7.12. The fourth-order valence-corrected chi connectivity index (χ4v) is 5.09. The van der Waals surface area contributed by atoms with Crippen molar-refractivity contribution in [3.8, 4) is 0 Å². The number of esters is 1. The van der Waals surface area contributed by atoms with E-state index in [2.05, 4.69) is 9.64 Å². The van der Waals surface area contributed by atoms with E-state index in [4.69, 9.17) is 0 Å². The molecule has 0 N–H and O–H groups in total. The quantitative estimate of drug-likeness (QED) is 0.495. The molecule has 0 radical (unpaired) electrons. The summed E-state index contributed by atoms with van der Waals surface area (Å²) in [6, 6.07) is 13.8. The van der Waals surface area contributed by atoms with Gasteiger partial charge in [0.05, 0.1) is 24.0 Å². The fraction of sp³-hybridized carbons (Fsp3) is 0.375. The molecule has 2 aliphatic rings. The molecule has 0 atom stereocenters. The van der Waals surface area contributed by atoms with Crippen LogP contribution in [0.1, 0.15) is 16.8 Å². The van der Waals surface area contributed by atoms with Crippen LogP contribution in [0.4, 0.5) is 0 Å². The highest BCUT2D eigenvalue weighted by Gasteiger charge is 2.28. The van der Waals surface area contributed by atoms with E-state index in [1.54, 1.807) is 4.90 Å². The first-order chi connectivity index (χ1) is 15.6. The van der Waals surface area contributed by atoms with Crippen molar-refractivity contribution in [3.05, 3.63) is 59.1 Å². The third-order valence-electron chi connectivity index (χ3n) is 5.89. The number of rotatable bonds is 6. The molecule has 0 unspecified atom stereocenters. The molecule has 2 heterocycles. The first-order valence-corrected chi connectivity index (χ1v) is 11.8. The second kappa shape index (κ2) is 10.2. The zero-order valence-corrected chi connectivity index (χ0v) is 19.0. The lowest BCUT2D eigenvalue weighted by molar-refractivity contribution is -0.134. The number of piperazine rings is 1. The second-order valence-corrected chi connectivity index (χ2v) is 8.85. The van der Waals surface area contributed by atoms with Gasteiger partial charge < -0.3 is 14.5 Å². The molecule has 2 aliphatic heterocycles. The molecule has 2 saturated heterocycles. The average molecular weight is 454 g/mol. The first-order valence-electron chi connectivity index (χ1n) is 10.8. The highest BCUT2D eigenvalue weighted by molar-refractivity contribution is 8.04. The Balaban J connectivity index is 1.28. The normalized spacial score (nSPS) is 18.5. The number of hydrogen-bond donors (Lipinski definition) is 0. The Bertz CT molecular complexity index is 1040. The summed E-state index contributed by atoms with van der Waals surface area (Å²) in [5.41, 5.74) is 0.756. The number of carbonyl (C=O) groups is 3. The van der Waals surface area contributed by atoms with Crippen LogP contribution in [0.5, 0.6) is 0 Å². The molecule has 4 rings (SSSR count). The Labute approximate surface area is 192 Å². The summed E-state index contributed by atoms with van der Waals surface area (Å²) in [4.78, 5) is 42.7. The van der Waals surface area contributed by atoms with Gasteiger partial charge in [-0.25, -0.2) is 4.79 Å². The fourth-order valence-electron chi connectivity index (χ4n) is 4.14. The van der Waals surface area contributed by atoms with E-state index in [9.17, 15) is 14.4 Å². The monoisotopic (exact) mass is 453 g/mol. The number of ether oxygens (including phenoxy) is 1. The van der Waals surface area contributed by atoms with Crippen LogP contribution < -0.4 is 0 Å². The molecule has 168 valence electrons. The van der Waals surface area contributed by atoms with Gasteiger partial charge in [-0.2, -0.15) is 0 Å². The first kappa shape index (κ1) is 22.4.